The highest BCUT2D eigenvalue weighted by Crippen LogP contribution is 2.44. The molecule has 0 spiro atoms. The van der Waals surface area contributed by atoms with Crippen LogP contribution in [0.4, 0.5) is 4.79 Å². The highest BCUT2D eigenvalue weighted by molar-refractivity contribution is 5.83. The summed E-state index contributed by atoms with van der Waals surface area (Å²) in [5, 5.41) is 13.9. The van der Waals surface area contributed by atoms with E-state index >= 15 is 0 Å². The molecular formula is C25H28N2O5. The quantitative estimate of drug-likeness (QED) is 0.520. The maximum atomic E-state index is 12.3. The third-order valence-electron chi connectivity index (χ3n) is 5.62. The molecule has 0 saturated carbocycles. The average molecular weight is 437 g/mol. The molecule has 32 heavy (non-hydrogen) atoms. The van der Waals surface area contributed by atoms with E-state index in [1.165, 1.54) is 17.2 Å². The maximum Gasteiger partial charge on any atom is 0.407 e. The predicted molar refractivity (Wildman–Crippen MR) is 121 cm³/mol. The Morgan fingerprint density at radius 1 is 1.00 bits per heavy atom. The van der Waals surface area contributed by atoms with Crippen LogP contribution in [-0.4, -0.2) is 42.8 Å². The van der Waals surface area contributed by atoms with Crippen molar-refractivity contribution in [3.8, 4) is 11.1 Å². The third-order valence-corrected chi connectivity index (χ3v) is 5.62. The van der Waals surface area contributed by atoms with Crippen LogP contribution in [0.25, 0.3) is 11.1 Å². The fourth-order valence-corrected chi connectivity index (χ4v) is 3.79. The maximum absolute atomic E-state index is 12.3. The molecular weight excluding hydrogens is 408 g/mol. The van der Waals surface area contributed by atoms with Crippen molar-refractivity contribution in [3.05, 3.63) is 71.8 Å². The van der Waals surface area contributed by atoms with Crippen molar-refractivity contribution < 1.29 is 24.2 Å². The number of carboxylic acid groups (broad SMARTS) is 1. The summed E-state index contributed by atoms with van der Waals surface area (Å²) < 4.78 is 5.50. The number of nitrogens with one attached hydrogen (secondary N) is 2. The molecule has 168 valence electrons. The second kappa shape index (κ2) is 10.1. The fraction of sp³-hybridized carbons (Fsp3) is 0.320. The summed E-state index contributed by atoms with van der Waals surface area (Å²) in [4.78, 5) is 35.0. The normalized spacial score (nSPS) is 12.8. The van der Waals surface area contributed by atoms with E-state index in [1.54, 1.807) is 13.8 Å². The summed E-state index contributed by atoms with van der Waals surface area (Å²) in [6, 6.07) is 16.3. The Bertz CT molecular complexity index is 983. The molecule has 1 aliphatic carbocycles. The minimum Gasteiger partial charge on any atom is -0.478 e. The van der Waals surface area contributed by atoms with Crippen LogP contribution < -0.4 is 10.6 Å². The Morgan fingerprint density at radius 3 is 2.19 bits per heavy atom. The lowest BCUT2D eigenvalue weighted by Gasteiger charge is -2.23. The number of rotatable bonds is 9. The second-order valence-electron chi connectivity index (χ2n) is 8.34. The first-order valence-electron chi connectivity index (χ1n) is 10.6. The van der Waals surface area contributed by atoms with E-state index in [2.05, 4.69) is 34.9 Å². The average Bonchev–Trinajstić information content (AvgIpc) is 3.08. The number of carbonyl (C=O) groups is 3. The van der Waals surface area contributed by atoms with Crippen molar-refractivity contribution in [2.45, 2.75) is 26.2 Å². The SMILES string of the molecule is CC(C)(CCNC(=O)OCC1c2ccccc2-c2ccccc21)C(=O)NC/C=C/C(=O)O. The minimum absolute atomic E-state index is 0.00535. The highest BCUT2D eigenvalue weighted by Gasteiger charge is 2.29. The smallest absolute Gasteiger partial charge is 0.407 e. The predicted octanol–water partition coefficient (Wildman–Crippen LogP) is 3.70. The van der Waals surface area contributed by atoms with Crippen LogP contribution in [-0.2, 0) is 14.3 Å². The Balaban J connectivity index is 1.47. The van der Waals surface area contributed by atoms with Gasteiger partial charge in [0.2, 0.25) is 5.91 Å². The number of benzene rings is 2. The van der Waals surface area contributed by atoms with Crippen LogP contribution in [0, 0.1) is 5.41 Å². The molecule has 0 atom stereocenters. The van der Waals surface area contributed by atoms with Gasteiger partial charge in [-0.1, -0.05) is 68.5 Å². The molecule has 0 aliphatic heterocycles. The Morgan fingerprint density at radius 2 is 1.59 bits per heavy atom. The van der Waals surface area contributed by atoms with E-state index in [-0.39, 0.29) is 31.5 Å². The number of hydrogen-bond acceptors (Lipinski definition) is 4. The van der Waals surface area contributed by atoms with E-state index in [0.717, 1.165) is 17.2 Å². The molecule has 0 bridgehead atoms. The Hall–Kier alpha value is -3.61. The van der Waals surface area contributed by atoms with E-state index in [4.69, 9.17) is 9.84 Å². The van der Waals surface area contributed by atoms with Gasteiger partial charge in [-0.15, -0.1) is 0 Å². The number of amides is 2. The highest BCUT2D eigenvalue weighted by atomic mass is 16.5. The number of ether oxygens (including phenoxy) is 1. The van der Waals surface area contributed by atoms with Crippen LogP contribution in [0.3, 0.4) is 0 Å². The number of fused-ring (bicyclic) bond motifs is 3. The van der Waals surface area contributed by atoms with Crippen LogP contribution in [0.1, 0.15) is 37.3 Å². The van der Waals surface area contributed by atoms with Gasteiger partial charge in [0.1, 0.15) is 6.61 Å². The molecule has 7 nitrogen and oxygen atoms in total. The van der Waals surface area contributed by atoms with Gasteiger partial charge in [-0.2, -0.15) is 0 Å². The van der Waals surface area contributed by atoms with Gasteiger partial charge < -0.3 is 20.5 Å². The summed E-state index contributed by atoms with van der Waals surface area (Å²) in [5.41, 5.74) is 3.91. The van der Waals surface area contributed by atoms with Crippen LogP contribution in [0.15, 0.2) is 60.7 Å². The number of alkyl carbamates (subject to hydrolysis) is 1. The third kappa shape index (κ3) is 5.55. The zero-order chi connectivity index (χ0) is 23.1. The summed E-state index contributed by atoms with van der Waals surface area (Å²) in [7, 11) is 0. The summed E-state index contributed by atoms with van der Waals surface area (Å²) >= 11 is 0. The summed E-state index contributed by atoms with van der Waals surface area (Å²) in [6.45, 7) is 4.18. The first kappa shape index (κ1) is 23.1. The Kier molecular flexibility index (Phi) is 7.30. The van der Waals surface area contributed by atoms with Crippen molar-refractivity contribution in [1.29, 1.82) is 0 Å². The largest absolute Gasteiger partial charge is 0.478 e. The fourth-order valence-electron chi connectivity index (χ4n) is 3.79. The molecule has 0 heterocycles. The topological polar surface area (TPSA) is 105 Å². The van der Waals surface area contributed by atoms with Gasteiger partial charge in [-0.3, -0.25) is 4.79 Å². The molecule has 3 rings (SSSR count). The van der Waals surface area contributed by atoms with Gasteiger partial charge >= 0.3 is 12.1 Å². The lowest BCUT2D eigenvalue weighted by Crippen LogP contribution is -2.39. The zero-order valence-corrected chi connectivity index (χ0v) is 18.3. The first-order chi connectivity index (χ1) is 15.3. The standard InChI is InChI=1S/C25H28N2O5/c1-25(2,23(30)26-14-7-12-22(28)29)13-15-27-24(31)32-16-21-19-10-5-3-8-17(19)18-9-4-6-11-20(18)21/h3-12,21H,13-16H2,1-2H3,(H,26,30)(H,27,31)(H,28,29)/b12-7+. The van der Waals surface area contributed by atoms with Crippen LogP contribution in [0.2, 0.25) is 0 Å². The summed E-state index contributed by atoms with van der Waals surface area (Å²) in [5.74, 6) is -1.29. The molecule has 3 N–H and O–H groups in total. The molecule has 0 unspecified atom stereocenters. The summed E-state index contributed by atoms with van der Waals surface area (Å²) in [6.07, 6.45) is 2.23. The first-order valence-corrected chi connectivity index (χ1v) is 10.6. The molecule has 1 aliphatic rings. The molecule has 0 fully saturated rings. The molecule has 0 radical (unpaired) electrons. The van der Waals surface area contributed by atoms with Gasteiger partial charge in [-0.05, 0) is 28.7 Å². The van der Waals surface area contributed by atoms with Gasteiger partial charge in [-0.25, -0.2) is 9.59 Å². The molecule has 2 aromatic carbocycles. The molecule has 2 aromatic rings. The molecule has 0 saturated heterocycles. The zero-order valence-electron chi connectivity index (χ0n) is 18.3. The van der Waals surface area contributed by atoms with Crippen molar-refractivity contribution in [1.82, 2.24) is 10.6 Å². The van der Waals surface area contributed by atoms with E-state index in [1.807, 2.05) is 24.3 Å². The van der Waals surface area contributed by atoms with Crippen molar-refractivity contribution in [3.63, 3.8) is 0 Å². The van der Waals surface area contributed by atoms with Crippen molar-refractivity contribution in [2.75, 3.05) is 19.7 Å². The number of carbonyl (C=O) groups excluding carboxylic acids is 2. The van der Waals surface area contributed by atoms with Gasteiger partial charge in [0, 0.05) is 30.5 Å². The monoisotopic (exact) mass is 436 g/mol. The van der Waals surface area contributed by atoms with Gasteiger partial charge in [0.25, 0.3) is 0 Å². The van der Waals surface area contributed by atoms with Crippen molar-refractivity contribution in [2.24, 2.45) is 5.41 Å². The van der Waals surface area contributed by atoms with Gasteiger partial charge in [0.05, 0.1) is 0 Å². The molecule has 0 aromatic heterocycles. The number of aliphatic carboxylic acids is 1. The van der Waals surface area contributed by atoms with Gasteiger partial charge in [0.15, 0.2) is 0 Å². The van der Waals surface area contributed by atoms with E-state index < -0.39 is 17.5 Å². The van der Waals surface area contributed by atoms with Crippen LogP contribution >= 0.6 is 0 Å². The van der Waals surface area contributed by atoms with E-state index in [0.29, 0.717) is 6.42 Å². The molecule has 2 amide bonds. The number of carboxylic acids is 1. The second-order valence-corrected chi connectivity index (χ2v) is 8.34. The molecule has 7 heteroatoms. The van der Waals surface area contributed by atoms with Crippen molar-refractivity contribution >= 4 is 18.0 Å². The lowest BCUT2D eigenvalue weighted by molar-refractivity contribution is -0.131. The van der Waals surface area contributed by atoms with Crippen LogP contribution in [0.5, 0.6) is 0 Å². The minimum atomic E-state index is -1.06. The Labute approximate surface area is 187 Å². The van der Waals surface area contributed by atoms with E-state index in [9.17, 15) is 14.4 Å². The lowest BCUT2D eigenvalue weighted by atomic mass is 9.88. The number of hydrogen-bond donors (Lipinski definition) is 3.